The second kappa shape index (κ2) is 7.24. The molecule has 0 aromatic carbocycles. The van der Waals surface area contributed by atoms with Gasteiger partial charge < -0.3 is 15.3 Å². The molecule has 20 heavy (non-hydrogen) atoms. The van der Waals surface area contributed by atoms with Gasteiger partial charge in [-0.05, 0) is 44.9 Å². The Bertz CT molecular complexity index is 287. The molecule has 0 aliphatic carbocycles. The molecule has 3 unspecified atom stereocenters. The van der Waals surface area contributed by atoms with Crippen molar-refractivity contribution in [2.45, 2.75) is 72.4 Å². The number of aliphatic hydroxyl groups excluding tert-OH is 1. The van der Waals surface area contributed by atoms with Crippen LogP contribution >= 0.6 is 0 Å². The molecule has 1 saturated heterocycles. The van der Waals surface area contributed by atoms with E-state index in [4.69, 9.17) is 0 Å². The lowest BCUT2D eigenvalue weighted by atomic mass is 9.83. The lowest BCUT2D eigenvalue weighted by Crippen LogP contribution is -2.50. The largest absolute Gasteiger partial charge is 0.393 e. The summed E-state index contributed by atoms with van der Waals surface area (Å²) in [6, 6.07) is 0. The third kappa shape index (κ3) is 6.11. The van der Waals surface area contributed by atoms with E-state index in [1.807, 2.05) is 0 Å². The van der Waals surface area contributed by atoms with Gasteiger partial charge in [0.05, 0.1) is 6.10 Å². The van der Waals surface area contributed by atoms with Gasteiger partial charge in [0, 0.05) is 31.7 Å². The number of nitrogens with one attached hydrogen (secondary N) is 1. The Hall–Kier alpha value is -0.120. The van der Waals surface area contributed by atoms with E-state index in [9.17, 15) is 5.11 Å². The first kappa shape index (κ1) is 17.9. The standard InChI is InChI=1S/C17H36N2O/c1-7-9-17(6,12-18-16(3,4)5)13-19-10-8-15(20)14(2)11-19/h14-15,18,20H,7-13H2,1-6H3. The van der Waals surface area contributed by atoms with E-state index in [-0.39, 0.29) is 11.6 Å². The van der Waals surface area contributed by atoms with Crippen molar-refractivity contribution in [1.29, 1.82) is 0 Å². The van der Waals surface area contributed by atoms with Gasteiger partial charge in [-0.15, -0.1) is 0 Å². The Kier molecular flexibility index (Phi) is 6.49. The Morgan fingerprint density at radius 2 is 1.90 bits per heavy atom. The topological polar surface area (TPSA) is 35.5 Å². The van der Waals surface area contributed by atoms with Gasteiger partial charge in [-0.3, -0.25) is 0 Å². The molecule has 120 valence electrons. The highest BCUT2D eigenvalue weighted by Gasteiger charge is 2.31. The molecule has 0 aromatic rings. The molecule has 1 aliphatic rings. The molecular weight excluding hydrogens is 248 g/mol. The number of aliphatic hydroxyl groups is 1. The van der Waals surface area contributed by atoms with Gasteiger partial charge in [0.25, 0.3) is 0 Å². The first-order chi connectivity index (χ1) is 9.15. The van der Waals surface area contributed by atoms with Gasteiger partial charge in [0.2, 0.25) is 0 Å². The summed E-state index contributed by atoms with van der Waals surface area (Å²) in [6.07, 6.45) is 3.31. The van der Waals surface area contributed by atoms with Crippen LogP contribution in [0, 0.1) is 11.3 Å². The predicted octanol–water partition coefficient (Wildman–Crippen LogP) is 2.88. The van der Waals surface area contributed by atoms with Crippen molar-refractivity contribution in [3.63, 3.8) is 0 Å². The third-order valence-electron chi connectivity index (χ3n) is 4.45. The molecule has 0 amide bonds. The van der Waals surface area contributed by atoms with Crippen molar-refractivity contribution in [1.82, 2.24) is 10.2 Å². The van der Waals surface area contributed by atoms with Crippen LogP contribution in [0.4, 0.5) is 0 Å². The van der Waals surface area contributed by atoms with Crippen molar-refractivity contribution in [2.24, 2.45) is 11.3 Å². The highest BCUT2D eigenvalue weighted by molar-refractivity contribution is 4.86. The van der Waals surface area contributed by atoms with Crippen LogP contribution in [0.2, 0.25) is 0 Å². The first-order valence-corrected chi connectivity index (χ1v) is 8.31. The second-order valence-corrected chi connectivity index (χ2v) is 8.23. The van der Waals surface area contributed by atoms with E-state index >= 15 is 0 Å². The molecule has 3 nitrogen and oxygen atoms in total. The minimum Gasteiger partial charge on any atom is -0.393 e. The van der Waals surface area contributed by atoms with Crippen LogP contribution < -0.4 is 5.32 Å². The highest BCUT2D eigenvalue weighted by Crippen LogP contribution is 2.27. The predicted molar refractivity (Wildman–Crippen MR) is 87.0 cm³/mol. The third-order valence-corrected chi connectivity index (χ3v) is 4.45. The number of piperidine rings is 1. The van der Waals surface area contributed by atoms with E-state index < -0.39 is 0 Å². The van der Waals surface area contributed by atoms with Crippen molar-refractivity contribution < 1.29 is 5.11 Å². The molecule has 1 heterocycles. The summed E-state index contributed by atoms with van der Waals surface area (Å²) in [5.74, 6) is 0.408. The summed E-state index contributed by atoms with van der Waals surface area (Å²) in [5, 5.41) is 13.5. The minimum absolute atomic E-state index is 0.101. The highest BCUT2D eigenvalue weighted by atomic mass is 16.3. The van der Waals surface area contributed by atoms with Gasteiger partial charge in [0.15, 0.2) is 0 Å². The zero-order valence-corrected chi connectivity index (χ0v) is 14.5. The fourth-order valence-corrected chi connectivity index (χ4v) is 3.21. The van der Waals surface area contributed by atoms with Crippen LogP contribution in [-0.2, 0) is 0 Å². The molecule has 0 radical (unpaired) electrons. The van der Waals surface area contributed by atoms with Gasteiger partial charge in [-0.25, -0.2) is 0 Å². The summed E-state index contributed by atoms with van der Waals surface area (Å²) in [6.45, 7) is 17.8. The van der Waals surface area contributed by atoms with Gasteiger partial charge in [0.1, 0.15) is 0 Å². The minimum atomic E-state index is -0.101. The summed E-state index contributed by atoms with van der Waals surface area (Å²) in [7, 11) is 0. The number of nitrogens with zero attached hydrogens (tertiary/aromatic N) is 1. The molecule has 0 saturated carbocycles. The number of likely N-dealkylation sites (tertiary alicyclic amines) is 1. The number of hydrogen-bond acceptors (Lipinski definition) is 3. The van der Waals surface area contributed by atoms with Crippen molar-refractivity contribution in [3.8, 4) is 0 Å². The van der Waals surface area contributed by atoms with Crippen LogP contribution in [0.3, 0.4) is 0 Å². The molecule has 3 heteroatoms. The maximum Gasteiger partial charge on any atom is 0.0590 e. The normalized spacial score (nSPS) is 28.4. The van der Waals surface area contributed by atoms with E-state index in [0.29, 0.717) is 11.3 Å². The molecule has 0 bridgehead atoms. The molecule has 1 aliphatic heterocycles. The van der Waals surface area contributed by atoms with E-state index in [0.717, 1.165) is 32.6 Å². The SMILES string of the molecule is CCCC(C)(CNC(C)(C)C)CN1CCC(O)C(C)C1. The van der Waals surface area contributed by atoms with E-state index in [1.54, 1.807) is 0 Å². The summed E-state index contributed by atoms with van der Waals surface area (Å²) < 4.78 is 0. The lowest BCUT2D eigenvalue weighted by Gasteiger charge is -2.41. The quantitative estimate of drug-likeness (QED) is 0.787. The summed E-state index contributed by atoms with van der Waals surface area (Å²) >= 11 is 0. The van der Waals surface area contributed by atoms with Gasteiger partial charge in [-0.1, -0.05) is 27.2 Å². The van der Waals surface area contributed by atoms with Gasteiger partial charge in [-0.2, -0.15) is 0 Å². The molecule has 0 spiro atoms. The number of rotatable bonds is 6. The Morgan fingerprint density at radius 1 is 1.25 bits per heavy atom. The fraction of sp³-hybridized carbons (Fsp3) is 1.00. The average molecular weight is 284 g/mol. The van der Waals surface area contributed by atoms with Crippen molar-refractivity contribution in [3.05, 3.63) is 0 Å². The fourth-order valence-electron chi connectivity index (χ4n) is 3.21. The van der Waals surface area contributed by atoms with Crippen LogP contribution in [0.25, 0.3) is 0 Å². The maximum absolute atomic E-state index is 9.87. The number of hydrogen-bond donors (Lipinski definition) is 2. The van der Waals surface area contributed by atoms with Crippen LogP contribution in [0.5, 0.6) is 0 Å². The summed E-state index contributed by atoms with van der Waals surface area (Å²) in [4.78, 5) is 2.55. The van der Waals surface area contributed by atoms with E-state index in [2.05, 4.69) is 51.8 Å². The Labute approximate surface area is 126 Å². The molecule has 1 rings (SSSR count). The molecule has 1 fully saturated rings. The van der Waals surface area contributed by atoms with Crippen LogP contribution in [0.15, 0.2) is 0 Å². The van der Waals surface area contributed by atoms with Crippen LogP contribution in [0.1, 0.15) is 60.8 Å². The summed E-state index contributed by atoms with van der Waals surface area (Å²) in [5.41, 5.74) is 0.504. The van der Waals surface area contributed by atoms with E-state index in [1.165, 1.54) is 12.8 Å². The second-order valence-electron chi connectivity index (χ2n) is 8.23. The first-order valence-electron chi connectivity index (χ1n) is 8.31. The monoisotopic (exact) mass is 284 g/mol. The molecule has 0 aromatic heterocycles. The lowest BCUT2D eigenvalue weighted by molar-refractivity contribution is 0.0163. The Balaban J connectivity index is 2.57. The van der Waals surface area contributed by atoms with Crippen molar-refractivity contribution in [2.75, 3.05) is 26.2 Å². The van der Waals surface area contributed by atoms with Gasteiger partial charge >= 0.3 is 0 Å². The molecular formula is C17H36N2O. The Morgan fingerprint density at radius 3 is 2.40 bits per heavy atom. The smallest absolute Gasteiger partial charge is 0.0590 e. The molecule has 2 N–H and O–H groups in total. The van der Waals surface area contributed by atoms with Crippen molar-refractivity contribution >= 4 is 0 Å². The average Bonchev–Trinajstić information content (AvgIpc) is 2.31. The molecule has 3 atom stereocenters. The zero-order valence-electron chi connectivity index (χ0n) is 14.5. The van der Waals surface area contributed by atoms with Crippen LogP contribution in [-0.4, -0.2) is 47.8 Å². The maximum atomic E-state index is 9.87. The zero-order chi connectivity index (χ0) is 15.4.